The van der Waals surface area contributed by atoms with Gasteiger partial charge >= 0.3 is 0 Å². The van der Waals surface area contributed by atoms with Gasteiger partial charge in [-0.1, -0.05) is 53.7 Å². The average molecular weight is 344 g/mol. The third-order valence-electron chi connectivity index (χ3n) is 6.40. The van der Waals surface area contributed by atoms with Gasteiger partial charge in [0.2, 0.25) is 0 Å². The largest absolute Gasteiger partial charge is 0.391 e. The summed E-state index contributed by atoms with van der Waals surface area (Å²) in [4.78, 5) is 2.28. The Hall–Kier alpha value is -1.42. The fraction of sp³-hybridized carbons (Fsp3) is 0.714. The summed E-state index contributed by atoms with van der Waals surface area (Å²) in [5.41, 5.74) is 3.15. The Labute approximate surface area is 150 Å². The average Bonchev–Trinajstić information content (AvgIpc) is 3.13. The van der Waals surface area contributed by atoms with Gasteiger partial charge in [0.15, 0.2) is 0 Å². The van der Waals surface area contributed by atoms with Crippen LogP contribution in [0.25, 0.3) is 11.0 Å². The van der Waals surface area contributed by atoms with Crippen molar-refractivity contribution in [1.29, 1.82) is 0 Å². The maximum absolute atomic E-state index is 10.9. The zero-order chi connectivity index (χ0) is 18.1. The number of benzene rings is 1. The molecule has 1 aliphatic carbocycles. The van der Waals surface area contributed by atoms with E-state index in [9.17, 15) is 5.11 Å². The maximum atomic E-state index is 10.9. The van der Waals surface area contributed by atoms with Gasteiger partial charge in [-0.05, 0) is 54.1 Å². The van der Waals surface area contributed by atoms with E-state index in [1.54, 1.807) is 0 Å². The molecule has 4 nitrogen and oxygen atoms in total. The summed E-state index contributed by atoms with van der Waals surface area (Å²) in [5.74, 6) is 0.981. The van der Waals surface area contributed by atoms with Crippen LogP contribution in [0.3, 0.4) is 0 Å². The molecule has 138 valence electrons. The van der Waals surface area contributed by atoms with E-state index < -0.39 is 0 Å². The molecule has 4 rings (SSSR count). The van der Waals surface area contributed by atoms with Gasteiger partial charge in [0.05, 0.1) is 12.1 Å². The van der Waals surface area contributed by atoms with Crippen LogP contribution >= 0.6 is 0 Å². The number of hydrogen-bond acceptors (Lipinski definition) is 1. The van der Waals surface area contributed by atoms with E-state index in [1.165, 1.54) is 17.5 Å². The number of rotatable bonds is 3. The van der Waals surface area contributed by atoms with Gasteiger partial charge in [0, 0.05) is 0 Å². The van der Waals surface area contributed by atoms with Crippen molar-refractivity contribution in [1.82, 2.24) is 14.1 Å². The van der Waals surface area contributed by atoms with Crippen molar-refractivity contribution in [2.45, 2.75) is 73.0 Å². The highest BCUT2D eigenvalue weighted by Gasteiger charge is 2.45. The summed E-state index contributed by atoms with van der Waals surface area (Å²) >= 11 is 0. The van der Waals surface area contributed by atoms with E-state index in [0.29, 0.717) is 17.3 Å². The van der Waals surface area contributed by atoms with Gasteiger partial charge in [-0.15, -0.1) is 0 Å². The number of aliphatic hydroxyl groups excluding tert-OH is 1. The van der Waals surface area contributed by atoms with Gasteiger partial charge in [0.1, 0.15) is 11.0 Å². The highest BCUT2D eigenvalue weighted by molar-refractivity contribution is 5.78. The van der Waals surface area contributed by atoms with Crippen LogP contribution in [-0.2, 0) is 0 Å². The van der Waals surface area contributed by atoms with E-state index >= 15 is 0 Å². The molecule has 1 fully saturated rings. The summed E-state index contributed by atoms with van der Waals surface area (Å²) in [5, 5.41) is 10.9. The number of nitrogens with zero attached hydrogens (tertiary/aromatic N) is 3. The third kappa shape index (κ3) is 2.69. The van der Waals surface area contributed by atoms with Crippen LogP contribution in [0.4, 0.5) is 0 Å². The SMILES string of the molecule is CC1CC(C(C)(C)CC(C)(C)C)CC(n2n3c4ccccc4n23)C1O. The van der Waals surface area contributed by atoms with Gasteiger partial charge < -0.3 is 5.11 Å². The molecule has 1 aliphatic rings. The summed E-state index contributed by atoms with van der Waals surface area (Å²) in [6.07, 6.45) is 3.15. The van der Waals surface area contributed by atoms with Crippen molar-refractivity contribution in [2.75, 3.05) is 0 Å². The molecule has 0 aliphatic heterocycles. The standard InChI is InChI=1S/C21H33N3O/c1-14-11-15(21(5,6)13-20(2,3)4)12-18(19(14)25)24-22-16-9-7-8-10-17(16)23(22)24/h7-10,14-15,18-19,25H,11-13H2,1-6H3. The number of aliphatic hydroxyl groups is 1. The molecule has 0 spiro atoms. The second-order valence-corrected chi connectivity index (χ2v) is 10.3. The van der Waals surface area contributed by atoms with Crippen LogP contribution in [0, 0.1) is 22.7 Å². The lowest BCUT2D eigenvalue weighted by molar-refractivity contribution is -0.0289. The minimum absolute atomic E-state index is 0.181. The Morgan fingerprint density at radius 2 is 1.56 bits per heavy atom. The van der Waals surface area contributed by atoms with Crippen LogP contribution in [0.2, 0.25) is 0 Å². The van der Waals surface area contributed by atoms with Crippen molar-refractivity contribution in [3.05, 3.63) is 24.3 Å². The maximum Gasteiger partial charge on any atom is 0.113 e. The zero-order valence-corrected chi connectivity index (χ0v) is 16.5. The highest BCUT2D eigenvalue weighted by Crippen LogP contribution is 2.49. The lowest BCUT2D eigenvalue weighted by Gasteiger charge is -2.46. The molecular weight excluding hydrogens is 310 g/mol. The Morgan fingerprint density at radius 3 is 2.08 bits per heavy atom. The van der Waals surface area contributed by atoms with Gasteiger partial charge in [-0.2, -0.15) is 14.1 Å². The fourth-order valence-corrected chi connectivity index (χ4v) is 5.48. The molecule has 2 aromatic heterocycles. The van der Waals surface area contributed by atoms with E-state index in [-0.39, 0.29) is 17.6 Å². The summed E-state index contributed by atoms with van der Waals surface area (Å²) in [6.45, 7) is 14.1. The number of hydrogen-bond donors (Lipinski definition) is 1. The first-order valence-electron chi connectivity index (χ1n) is 9.76. The van der Waals surface area contributed by atoms with Crippen LogP contribution in [0.5, 0.6) is 0 Å². The lowest BCUT2D eigenvalue weighted by Crippen LogP contribution is -2.42. The topological polar surface area (TPSA) is 34.0 Å². The van der Waals surface area contributed by atoms with Crippen molar-refractivity contribution in [3.8, 4) is 0 Å². The molecule has 2 heterocycles. The second kappa shape index (κ2) is 5.29. The molecule has 1 aromatic carbocycles. The molecule has 0 radical (unpaired) electrons. The predicted molar refractivity (Wildman–Crippen MR) is 102 cm³/mol. The van der Waals surface area contributed by atoms with Gasteiger partial charge in [-0.3, -0.25) is 0 Å². The molecule has 4 heteroatoms. The first-order valence-corrected chi connectivity index (χ1v) is 9.76. The lowest BCUT2D eigenvalue weighted by atomic mass is 9.61. The first-order chi connectivity index (χ1) is 11.6. The Bertz CT molecular complexity index is 817. The first kappa shape index (κ1) is 17.0. The summed E-state index contributed by atoms with van der Waals surface area (Å²) in [6, 6.07) is 8.67. The number of aromatic nitrogens is 3. The quantitative estimate of drug-likeness (QED) is 0.725. The Morgan fingerprint density at radius 1 is 1.00 bits per heavy atom. The Balaban J connectivity index is 1.62. The number of para-hydroxylation sites is 2. The van der Waals surface area contributed by atoms with Crippen LogP contribution in [-0.4, -0.2) is 25.3 Å². The van der Waals surface area contributed by atoms with E-state index in [4.69, 9.17) is 0 Å². The normalized spacial score (nSPS) is 29.2. The molecule has 1 saturated carbocycles. The van der Waals surface area contributed by atoms with Crippen LogP contribution in [0.15, 0.2) is 24.3 Å². The summed E-state index contributed by atoms with van der Waals surface area (Å²) < 4.78 is 4.43. The van der Waals surface area contributed by atoms with E-state index in [2.05, 4.69) is 79.9 Å². The third-order valence-corrected chi connectivity index (χ3v) is 6.40. The molecule has 4 unspecified atom stereocenters. The van der Waals surface area contributed by atoms with E-state index in [0.717, 1.165) is 12.8 Å². The Kier molecular flexibility index (Phi) is 3.60. The molecule has 25 heavy (non-hydrogen) atoms. The van der Waals surface area contributed by atoms with Crippen LogP contribution < -0.4 is 0 Å². The number of fused-ring (bicyclic) bond motifs is 4. The van der Waals surface area contributed by atoms with Crippen molar-refractivity contribution < 1.29 is 5.11 Å². The highest BCUT2D eigenvalue weighted by atomic mass is 16.3. The van der Waals surface area contributed by atoms with Gasteiger partial charge in [-0.25, -0.2) is 0 Å². The molecule has 0 amide bonds. The second-order valence-electron chi connectivity index (χ2n) is 10.3. The van der Waals surface area contributed by atoms with Crippen molar-refractivity contribution in [3.63, 3.8) is 0 Å². The smallest absolute Gasteiger partial charge is 0.113 e. The van der Waals surface area contributed by atoms with E-state index in [1.807, 2.05) is 0 Å². The van der Waals surface area contributed by atoms with Gasteiger partial charge in [0.25, 0.3) is 0 Å². The molecular formula is C21H33N3O. The molecule has 3 aromatic rings. The molecule has 4 atom stereocenters. The van der Waals surface area contributed by atoms with Crippen molar-refractivity contribution in [2.24, 2.45) is 22.7 Å². The molecule has 0 bridgehead atoms. The summed E-state index contributed by atoms with van der Waals surface area (Å²) in [7, 11) is 0. The molecule has 0 saturated heterocycles. The minimum Gasteiger partial charge on any atom is -0.391 e. The molecule has 1 N–H and O–H groups in total. The van der Waals surface area contributed by atoms with Crippen LogP contribution in [0.1, 0.15) is 66.8 Å². The monoisotopic (exact) mass is 343 g/mol. The predicted octanol–water partition coefficient (Wildman–Crippen LogP) is 4.84. The zero-order valence-electron chi connectivity index (χ0n) is 16.5. The van der Waals surface area contributed by atoms with Crippen molar-refractivity contribution >= 4 is 11.0 Å². The fourth-order valence-electron chi connectivity index (χ4n) is 5.48. The minimum atomic E-state index is -0.261.